The molecule has 1 amide bonds. The average molecular weight is 413 g/mol. The van der Waals surface area contributed by atoms with Crippen LogP contribution in [0.5, 0.6) is 0 Å². The van der Waals surface area contributed by atoms with Crippen LogP contribution in [0.4, 0.5) is 10.2 Å². The number of hydrogen-bond acceptors (Lipinski definition) is 3. The normalized spacial score (nSPS) is 20.4. The number of anilines is 1. The van der Waals surface area contributed by atoms with E-state index >= 15 is 0 Å². The standard InChI is InChI=1S/C22H22ClFN4O/c1-2-20-26-18(23)14-28(20)11-10-22(15-6-4-3-5-7-15)12-17(22)21(29)27-19-9-8-16(24)13-25-19/h3-9,13-14,17H,2,10-12H2,1H3,(H,25,27,29). The largest absolute Gasteiger partial charge is 0.333 e. The van der Waals surface area contributed by atoms with Gasteiger partial charge in [-0.15, -0.1) is 0 Å². The minimum absolute atomic E-state index is 0.0904. The van der Waals surface area contributed by atoms with E-state index < -0.39 is 5.82 Å². The van der Waals surface area contributed by atoms with Crippen LogP contribution in [-0.4, -0.2) is 20.4 Å². The van der Waals surface area contributed by atoms with Crippen LogP contribution in [0.15, 0.2) is 54.9 Å². The zero-order valence-electron chi connectivity index (χ0n) is 16.1. The number of nitrogens with one attached hydrogen (secondary N) is 1. The zero-order valence-corrected chi connectivity index (χ0v) is 16.9. The molecule has 1 aliphatic rings. The summed E-state index contributed by atoms with van der Waals surface area (Å²) in [5.41, 5.74) is 0.907. The van der Waals surface area contributed by atoms with E-state index in [2.05, 4.69) is 32.0 Å². The number of nitrogens with zero attached hydrogens (tertiary/aromatic N) is 3. The number of amides is 1. The second-order valence-corrected chi connectivity index (χ2v) is 7.79. The maximum Gasteiger partial charge on any atom is 0.229 e. The Morgan fingerprint density at radius 2 is 2.10 bits per heavy atom. The smallest absolute Gasteiger partial charge is 0.229 e. The number of aryl methyl sites for hydroxylation is 2. The average Bonchev–Trinajstić information content (AvgIpc) is 3.37. The van der Waals surface area contributed by atoms with E-state index in [0.29, 0.717) is 11.0 Å². The molecule has 2 unspecified atom stereocenters. The fourth-order valence-corrected chi connectivity index (χ4v) is 4.25. The predicted octanol–water partition coefficient (Wildman–Crippen LogP) is 4.62. The monoisotopic (exact) mass is 412 g/mol. The number of hydrogen-bond donors (Lipinski definition) is 1. The Labute approximate surface area is 173 Å². The van der Waals surface area contributed by atoms with Gasteiger partial charge in [0, 0.05) is 30.5 Å². The molecule has 5 nitrogen and oxygen atoms in total. The summed E-state index contributed by atoms with van der Waals surface area (Å²) in [7, 11) is 0. The topological polar surface area (TPSA) is 59.8 Å². The zero-order chi connectivity index (χ0) is 20.4. The molecule has 1 aromatic carbocycles. The third kappa shape index (κ3) is 4.03. The lowest BCUT2D eigenvalue weighted by molar-refractivity contribution is -0.117. The van der Waals surface area contributed by atoms with Crippen molar-refractivity contribution in [2.75, 3.05) is 5.32 Å². The molecule has 0 bridgehead atoms. The summed E-state index contributed by atoms with van der Waals surface area (Å²) in [6.45, 7) is 2.78. The van der Waals surface area contributed by atoms with Gasteiger partial charge >= 0.3 is 0 Å². The highest BCUT2D eigenvalue weighted by atomic mass is 35.5. The maximum absolute atomic E-state index is 13.1. The van der Waals surface area contributed by atoms with E-state index in [0.717, 1.165) is 43.4 Å². The molecule has 150 valence electrons. The molecular formula is C22H22ClFN4O. The Bertz CT molecular complexity index is 1010. The van der Waals surface area contributed by atoms with Gasteiger partial charge in [0.05, 0.1) is 6.20 Å². The summed E-state index contributed by atoms with van der Waals surface area (Å²) in [4.78, 5) is 21.2. The minimum Gasteiger partial charge on any atom is -0.333 e. The van der Waals surface area contributed by atoms with Crippen molar-refractivity contribution in [3.05, 3.63) is 77.2 Å². The SMILES string of the molecule is CCc1nc(Cl)cn1CCC1(c2ccccc2)CC1C(=O)Nc1ccc(F)cn1. The first-order chi connectivity index (χ1) is 14.0. The highest BCUT2D eigenvalue weighted by Crippen LogP contribution is 2.57. The third-order valence-electron chi connectivity index (χ3n) is 5.66. The van der Waals surface area contributed by atoms with Crippen LogP contribution in [-0.2, 0) is 23.2 Å². The van der Waals surface area contributed by atoms with Gasteiger partial charge < -0.3 is 9.88 Å². The molecule has 0 spiro atoms. The van der Waals surface area contributed by atoms with Gasteiger partial charge in [0.25, 0.3) is 0 Å². The van der Waals surface area contributed by atoms with E-state index in [-0.39, 0.29) is 17.2 Å². The number of imidazole rings is 1. The Kier molecular flexibility index (Phi) is 5.37. The Morgan fingerprint density at radius 3 is 2.79 bits per heavy atom. The second kappa shape index (κ2) is 7.95. The predicted molar refractivity (Wildman–Crippen MR) is 110 cm³/mol. The molecule has 0 aliphatic heterocycles. The molecule has 0 radical (unpaired) electrons. The number of rotatable bonds is 7. The summed E-state index contributed by atoms with van der Waals surface area (Å²) < 4.78 is 15.1. The van der Waals surface area contributed by atoms with E-state index in [9.17, 15) is 9.18 Å². The van der Waals surface area contributed by atoms with Gasteiger partial charge in [-0.05, 0) is 30.5 Å². The van der Waals surface area contributed by atoms with Gasteiger partial charge in [0.2, 0.25) is 5.91 Å². The number of aromatic nitrogens is 3. The Hall–Kier alpha value is -2.73. The fourth-order valence-electron chi connectivity index (χ4n) is 4.04. The van der Waals surface area contributed by atoms with Gasteiger partial charge in [-0.25, -0.2) is 14.4 Å². The quantitative estimate of drug-likeness (QED) is 0.616. The van der Waals surface area contributed by atoms with Crippen molar-refractivity contribution in [2.24, 2.45) is 5.92 Å². The molecule has 0 saturated heterocycles. The van der Waals surface area contributed by atoms with Gasteiger partial charge in [-0.2, -0.15) is 0 Å². The van der Waals surface area contributed by atoms with Crippen LogP contribution in [0.1, 0.15) is 31.2 Å². The van der Waals surface area contributed by atoms with Crippen molar-refractivity contribution in [3.63, 3.8) is 0 Å². The molecule has 2 atom stereocenters. The Morgan fingerprint density at radius 1 is 1.31 bits per heavy atom. The van der Waals surface area contributed by atoms with Crippen molar-refractivity contribution in [1.29, 1.82) is 0 Å². The summed E-state index contributed by atoms with van der Waals surface area (Å²) in [5, 5.41) is 3.31. The number of pyridine rings is 1. The molecule has 1 N–H and O–H groups in total. The lowest BCUT2D eigenvalue weighted by Crippen LogP contribution is -2.23. The van der Waals surface area contributed by atoms with E-state index in [1.807, 2.05) is 31.3 Å². The molecule has 3 aromatic rings. The maximum atomic E-state index is 13.1. The summed E-state index contributed by atoms with van der Waals surface area (Å²) in [6.07, 6.45) is 5.30. The summed E-state index contributed by atoms with van der Waals surface area (Å²) >= 11 is 6.08. The van der Waals surface area contributed by atoms with E-state index in [1.165, 1.54) is 12.1 Å². The van der Waals surface area contributed by atoms with Gasteiger partial charge in [-0.3, -0.25) is 4.79 Å². The van der Waals surface area contributed by atoms with E-state index in [4.69, 9.17) is 11.6 Å². The number of benzene rings is 1. The summed E-state index contributed by atoms with van der Waals surface area (Å²) in [6, 6.07) is 12.9. The van der Waals surface area contributed by atoms with Crippen molar-refractivity contribution >= 4 is 23.3 Å². The molecule has 29 heavy (non-hydrogen) atoms. The van der Waals surface area contributed by atoms with Crippen molar-refractivity contribution in [3.8, 4) is 0 Å². The fraction of sp³-hybridized carbons (Fsp3) is 0.318. The molecule has 2 heterocycles. The van der Waals surface area contributed by atoms with Crippen LogP contribution in [0, 0.1) is 11.7 Å². The number of carbonyl (C=O) groups is 1. The van der Waals surface area contributed by atoms with Crippen LogP contribution >= 0.6 is 11.6 Å². The van der Waals surface area contributed by atoms with Crippen molar-refractivity contribution < 1.29 is 9.18 Å². The lowest BCUT2D eigenvalue weighted by Gasteiger charge is -2.19. The first kappa shape index (κ1) is 19.6. The molecule has 7 heteroatoms. The number of halogens is 2. The molecule has 4 rings (SSSR count). The summed E-state index contributed by atoms with van der Waals surface area (Å²) in [5.74, 6) is 0.613. The first-order valence-corrected chi connectivity index (χ1v) is 10.1. The molecular weight excluding hydrogens is 391 g/mol. The van der Waals surface area contributed by atoms with Crippen LogP contribution < -0.4 is 5.32 Å². The molecule has 1 fully saturated rings. The Balaban J connectivity index is 1.53. The van der Waals surface area contributed by atoms with Gasteiger partial charge in [-0.1, -0.05) is 48.9 Å². The van der Waals surface area contributed by atoms with Crippen LogP contribution in [0.3, 0.4) is 0 Å². The highest BCUT2D eigenvalue weighted by molar-refractivity contribution is 6.29. The third-order valence-corrected chi connectivity index (χ3v) is 5.85. The second-order valence-electron chi connectivity index (χ2n) is 7.41. The molecule has 1 aliphatic carbocycles. The molecule has 2 aromatic heterocycles. The van der Waals surface area contributed by atoms with Crippen molar-refractivity contribution in [1.82, 2.24) is 14.5 Å². The van der Waals surface area contributed by atoms with E-state index in [1.54, 1.807) is 0 Å². The first-order valence-electron chi connectivity index (χ1n) is 9.71. The van der Waals surface area contributed by atoms with Crippen molar-refractivity contribution in [2.45, 2.75) is 38.1 Å². The lowest BCUT2D eigenvalue weighted by atomic mass is 9.89. The van der Waals surface area contributed by atoms with Gasteiger partial charge in [0.1, 0.15) is 22.6 Å². The molecule has 1 saturated carbocycles. The van der Waals surface area contributed by atoms with Gasteiger partial charge in [0.15, 0.2) is 0 Å². The van der Waals surface area contributed by atoms with Crippen LogP contribution in [0.25, 0.3) is 0 Å². The minimum atomic E-state index is -0.432. The highest BCUT2D eigenvalue weighted by Gasteiger charge is 2.58. The number of carbonyl (C=O) groups excluding carboxylic acids is 1. The van der Waals surface area contributed by atoms with Crippen LogP contribution in [0.2, 0.25) is 5.15 Å².